The molecule has 0 spiro atoms. The maximum Gasteiger partial charge on any atom is 0.305 e. The molecule has 1 atom stereocenters. The molecule has 0 aromatic heterocycles. The summed E-state index contributed by atoms with van der Waals surface area (Å²) in [6.45, 7) is 1.90. The fourth-order valence-electron chi connectivity index (χ4n) is 1.49. The van der Waals surface area contributed by atoms with E-state index in [1.807, 2.05) is 19.1 Å². The smallest absolute Gasteiger partial charge is 0.305 e. The van der Waals surface area contributed by atoms with Crippen molar-refractivity contribution in [3.63, 3.8) is 0 Å². The van der Waals surface area contributed by atoms with Gasteiger partial charge in [-0.15, -0.1) is 0 Å². The molecule has 0 aliphatic heterocycles. The molecule has 1 aromatic carbocycles. The quantitative estimate of drug-likeness (QED) is 0.813. The molecule has 0 saturated carbocycles. The van der Waals surface area contributed by atoms with E-state index in [9.17, 15) is 13.2 Å². The van der Waals surface area contributed by atoms with Gasteiger partial charge in [0.25, 0.3) is 10.2 Å². The van der Waals surface area contributed by atoms with Crippen molar-refractivity contribution < 1.29 is 18.3 Å². The van der Waals surface area contributed by atoms with Gasteiger partial charge < -0.3 is 5.11 Å². The van der Waals surface area contributed by atoms with Gasteiger partial charge in [-0.2, -0.15) is 17.4 Å². The first kappa shape index (κ1) is 15.6. The molecular weight excluding hydrogens is 268 g/mol. The van der Waals surface area contributed by atoms with E-state index in [0.717, 1.165) is 9.87 Å². The Balaban J connectivity index is 3.02. The van der Waals surface area contributed by atoms with Gasteiger partial charge in [0.15, 0.2) is 0 Å². The SMILES string of the molecule is Cc1ccc([C@H](CC(=O)O)NS(=O)(=O)N(C)C)cc1. The highest BCUT2D eigenvalue weighted by Crippen LogP contribution is 2.19. The summed E-state index contributed by atoms with van der Waals surface area (Å²) in [7, 11) is -0.913. The maximum atomic E-state index is 11.8. The summed E-state index contributed by atoms with van der Waals surface area (Å²) >= 11 is 0. The second-order valence-corrected chi connectivity index (χ2v) is 6.38. The number of rotatable bonds is 6. The fraction of sp³-hybridized carbons (Fsp3) is 0.417. The highest BCUT2D eigenvalue weighted by Gasteiger charge is 2.23. The van der Waals surface area contributed by atoms with Crippen LogP contribution in [0.1, 0.15) is 23.6 Å². The van der Waals surface area contributed by atoms with E-state index in [1.54, 1.807) is 12.1 Å². The zero-order valence-electron chi connectivity index (χ0n) is 11.1. The predicted molar refractivity (Wildman–Crippen MR) is 71.9 cm³/mol. The van der Waals surface area contributed by atoms with Crippen molar-refractivity contribution in [2.45, 2.75) is 19.4 Å². The molecule has 0 unspecified atom stereocenters. The Hall–Kier alpha value is -1.44. The van der Waals surface area contributed by atoms with Crippen LogP contribution in [-0.4, -0.2) is 37.9 Å². The van der Waals surface area contributed by atoms with Gasteiger partial charge >= 0.3 is 5.97 Å². The summed E-state index contributed by atoms with van der Waals surface area (Å²) in [5.41, 5.74) is 1.65. The minimum absolute atomic E-state index is 0.309. The van der Waals surface area contributed by atoms with Crippen LogP contribution in [0.3, 0.4) is 0 Å². The van der Waals surface area contributed by atoms with E-state index in [0.29, 0.717) is 5.56 Å². The summed E-state index contributed by atoms with van der Waals surface area (Å²) in [4.78, 5) is 10.9. The number of nitrogens with one attached hydrogen (secondary N) is 1. The number of carboxylic acids is 1. The third-order valence-corrected chi connectivity index (χ3v) is 4.17. The van der Waals surface area contributed by atoms with Crippen LogP contribution in [0.15, 0.2) is 24.3 Å². The Morgan fingerprint density at radius 2 is 1.84 bits per heavy atom. The summed E-state index contributed by atoms with van der Waals surface area (Å²) in [6.07, 6.45) is -0.309. The van der Waals surface area contributed by atoms with Crippen LogP contribution in [-0.2, 0) is 15.0 Å². The third kappa shape index (κ3) is 4.62. The first-order valence-corrected chi connectivity index (χ1v) is 7.14. The van der Waals surface area contributed by atoms with Crippen molar-refractivity contribution in [1.29, 1.82) is 0 Å². The number of hydrogen-bond acceptors (Lipinski definition) is 3. The molecule has 19 heavy (non-hydrogen) atoms. The molecule has 2 N–H and O–H groups in total. The summed E-state index contributed by atoms with van der Waals surface area (Å²) in [5, 5.41) is 8.89. The van der Waals surface area contributed by atoms with Crippen LogP contribution in [0.2, 0.25) is 0 Å². The zero-order chi connectivity index (χ0) is 14.6. The van der Waals surface area contributed by atoms with E-state index >= 15 is 0 Å². The van der Waals surface area contributed by atoms with Crippen LogP contribution >= 0.6 is 0 Å². The lowest BCUT2D eigenvalue weighted by molar-refractivity contribution is -0.137. The van der Waals surface area contributed by atoms with Crippen molar-refractivity contribution in [3.05, 3.63) is 35.4 Å². The number of carboxylic acid groups (broad SMARTS) is 1. The Morgan fingerprint density at radius 1 is 1.32 bits per heavy atom. The molecule has 0 aliphatic rings. The molecular formula is C12H18N2O4S. The van der Waals surface area contributed by atoms with Crippen molar-refractivity contribution >= 4 is 16.2 Å². The number of benzene rings is 1. The number of nitrogens with zero attached hydrogens (tertiary/aromatic N) is 1. The Morgan fingerprint density at radius 3 is 2.26 bits per heavy atom. The van der Waals surface area contributed by atoms with Gasteiger partial charge in [-0.1, -0.05) is 29.8 Å². The molecule has 0 amide bonds. The number of hydrogen-bond donors (Lipinski definition) is 2. The van der Waals surface area contributed by atoms with Gasteiger partial charge in [0.2, 0.25) is 0 Å². The molecule has 6 nitrogen and oxygen atoms in total. The molecule has 0 radical (unpaired) electrons. The molecule has 1 rings (SSSR count). The first-order valence-electron chi connectivity index (χ1n) is 5.70. The van der Waals surface area contributed by atoms with E-state index in [-0.39, 0.29) is 6.42 Å². The standard InChI is InChI=1S/C12H18N2O4S/c1-9-4-6-10(7-5-9)11(8-12(15)16)13-19(17,18)14(2)3/h4-7,11,13H,8H2,1-3H3,(H,15,16)/t11-/m0/s1. The first-order chi connectivity index (χ1) is 8.72. The molecule has 106 valence electrons. The normalized spacial score (nSPS) is 13.5. The zero-order valence-corrected chi connectivity index (χ0v) is 11.9. The lowest BCUT2D eigenvalue weighted by atomic mass is 10.0. The summed E-state index contributed by atoms with van der Waals surface area (Å²) in [6, 6.07) is 6.29. The van der Waals surface area contributed by atoms with Gasteiger partial charge in [0.05, 0.1) is 12.5 Å². The predicted octanol–water partition coefficient (Wildman–Crippen LogP) is 0.907. The molecule has 0 heterocycles. The van der Waals surface area contributed by atoms with Crippen molar-refractivity contribution in [1.82, 2.24) is 9.03 Å². The molecule has 0 bridgehead atoms. The van der Waals surface area contributed by atoms with E-state index in [1.165, 1.54) is 14.1 Å². The van der Waals surface area contributed by atoms with Crippen LogP contribution in [0, 0.1) is 6.92 Å². The van der Waals surface area contributed by atoms with Crippen LogP contribution in [0.5, 0.6) is 0 Å². The average Bonchev–Trinajstić information content (AvgIpc) is 2.27. The average molecular weight is 286 g/mol. The van der Waals surface area contributed by atoms with Gasteiger partial charge in [-0.05, 0) is 12.5 Å². The van der Waals surface area contributed by atoms with Gasteiger partial charge in [-0.25, -0.2) is 0 Å². The van der Waals surface area contributed by atoms with Crippen LogP contribution < -0.4 is 4.72 Å². The minimum Gasteiger partial charge on any atom is -0.481 e. The minimum atomic E-state index is -3.68. The molecule has 0 saturated heterocycles. The molecule has 0 aliphatic carbocycles. The Bertz CT molecular complexity index is 537. The molecule has 7 heteroatoms. The number of aliphatic carboxylic acids is 1. The largest absolute Gasteiger partial charge is 0.481 e. The van der Waals surface area contributed by atoms with Gasteiger partial charge in [0.1, 0.15) is 0 Å². The van der Waals surface area contributed by atoms with Crippen molar-refractivity contribution in [3.8, 4) is 0 Å². The second kappa shape index (κ2) is 6.14. The Kier molecular flexibility index (Phi) is 5.04. The molecule has 1 aromatic rings. The Labute approximate surface area is 113 Å². The summed E-state index contributed by atoms with van der Waals surface area (Å²) < 4.78 is 27.0. The monoisotopic (exact) mass is 286 g/mol. The van der Waals surface area contributed by atoms with Gasteiger partial charge in [-0.3, -0.25) is 4.79 Å². The summed E-state index contributed by atoms with van der Waals surface area (Å²) in [5.74, 6) is -1.06. The third-order valence-electron chi connectivity index (χ3n) is 2.63. The lowest BCUT2D eigenvalue weighted by Gasteiger charge is -2.20. The van der Waals surface area contributed by atoms with Crippen LogP contribution in [0.25, 0.3) is 0 Å². The molecule has 0 fully saturated rings. The fourth-order valence-corrected chi connectivity index (χ4v) is 2.28. The lowest BCUT2D eigenvalue weighted by Crippen LogP contribution is -2.38. The van der Waals surface area contributed by atoms with E-state index < -0.39 is 22.2 Å². The number of aryl methyl sites for hydroxylation is 1. The van der Waals surface area contributed by atoms with Crippen molar-refractivity contribution in [2.24, 2.45) is 0 Å². The second-order valence-electron chi connectivity index (χ2n) is 4.47. The highest BCUT2D eigenvalue weighted by molar-refractivity contribution is 7.87. The highest BCUT2D eigenvalue weighted by atomic mass is 32.2. The topological polar surface area (TPSA) is 86.7 Å². The van der Waals surface area contributed by atoms with Crippen LogP contribution in [0.4, 0.5) is 0 Å². The van der Waals surface area contributed by atoms with E-state index in [4.69, 9.17) is 5.11 Å². The number of carbonyl (C=O) groups is 1. The van der Waals surface area contributed by atoms with Gasteiger partial charge in [0, 0.05) is 14.1 Å². The van der Waals surface area contributed by atoms with Crippen molar-refractivity contribution in [2.75, 3.05) is 14.1 Å². The maximum absolute atomic E-state index is 11.8. The van der Waals surface area contributed by atoms with E-state index in [2.05, 4.69) is 4.72 Å².